The summed E-state index contributed by atoms with van der Waals surface area (Å²) in [7, 11) is 2.02. The quantitative estimate of drug-likeness (QED) is 0.427. The third kappa shape index (κ3) is 6.13. The van der Waals surface area contributed by atoms with Crippen molar-refractivity contribution in [1.29, 1.82) is 0 Å². The average molecular weight is 493 g/mol. The van der Waals surface area contributed by atoms with E-state index in [2.05, 4.69) is 61.8 Å². The number of para-hydroxylation sites is 1. The number of rotatable bonds is 9. The minimum atomic E-state index is -0.139. The van der Waals surface area contributed by atoms with E-state index in [0.717, 1.165) is 61.0 Å². The Morgan fingerprint density at radius 2 is 1.50 bits per heavy atom. The fourth-order valence-electron chi connectivity index (χ4n) is 5.51. The summed E-state index contributed by atoms with van der Waals surface area (Å²) in [6.07, 6.45) is 9.46. The Morgan fingerprint density at radius 3 is 2.03 bits per heavy atom. The van der Waals surface area contributed by atoms with Gasteiger partial charge in [0.25, 0.3) is 0 Å². The maximum atomic E-state index is 13.9. The number of amides is 3. The highest BCUT2D eigenvalue weighted by Gasteiger charge is 2.36. The normalized spacial score (nSPS) is 16.4. The molecular formula is C30H44N4O2. The van der Waals surface area contributed by atoms with E-state index in [-0.39, 0.29) is 30.6 Å². The molecule has 0 radical (unpaired) electrons. The fourth-order valence-corrected chi connectivity index (χ4v) is 5.51. The van der Waals surface area contributed by atoms with Crippen LogP contribution in [0.1, 0.15) is 101 Å². The maximum Gasteiger partial charge on any atom is 0.322 e. The van der Waals surface area contributed by atoms with Gasteiger partial charge in [0.15, 0.2) is 0 Å². The lowest BCUT2D eigenvalue weighted by Gasteiger charge is -2.36. The summed E-state index contributed by atoms with van der Waals surface area (Å²) >= 11 is 0. The molecule has 196 valence electrons. The van der Waals surface area contributed by atoms with E-state index in [4.69, 9.17) is 0 Å². The molecule has 0 aliphatic heterocycles. The van der Waals surface area contributed by atoms with E-state index in [1.165, 1.54) is 6.42 Å². The predicted molar refractivity (Wildman–Crippen MR) is 146 cm³/mol. The van der Waals surface area contributed by atoms with Crippen LogP contribution < -0.4 is 5.32 Å². The van der Waals surface area contributed by atoms with Gasteiger partial charge in [0.2, 0.25) is 5.91 Å². The number of nitrogens with zero attached hydrogens (tertiary/aromatic N) is 3. The summed E-state index contributed by atoms with van der Waals surface area (Å²) in [6, 6.07) is 10.6. The first-order chi connectivity index (χ1) is 17.3. The molecule has 1 aromatic carbocycles. The zero-order chi connectivity index (χ0) is 25.8. The first kappa shape index (κ1) is 26.3. The van der Waals surface area contributed by atoms with Gasteiger partial charge in [-0.3, -0.25) is 4.79 Å². The van der Waals surface area contributed by atoms with Crippen LogP contribution in [0, 0.1) is 0 Å². The van der Waals surface area contributed by atoms with Crippen molar-refractivity contribution in [2.24, 2.45) is 7.05 Å². The predicted octanol–water partition coefficient (Wildman–Crippen LogP) is 6.63. The van der Waals surface area contributed by atoms with Crippen molar-refractivity contribution in [3.63, 3.8) is 0 Å². The van der Waals surface area contributed by atoms with Crippen LogP contribution in [0.25, 0.3) is 0 Å². The van der Waals surface area contributed by atoms with Crippen LogP contribution in [-0.2, 0) is 18.4 Å². The van der Waals surface area contributed by atoms with Crippen molar-refractivity contribution in [3.8, 4) is 0 Å². The summed E-state index contributed by atoms with van der Waals surface area (Å²) in [4.78, 5) is 31.5. The molecule has 36 heavy (non-hydrogen) atoms. The van der Waals surface area contributed by atoms with E-state index in [1.807, 2.05) is 29.1 Å². The van der Waals surface area contributed by atoms with Crippen LogP contribution >= 0.6 is 0 Å². The molecule has 2 aromatic rings. The lowest BCUT2D eigenvalue weighted by atomic mass is 9.92. The van der Waals surface area contributed by atoms with Gasteiger partial charge in [-0.2, -0.15) is 0 Å². The Morgan fingerprint density at radius 1 is 0.889 bits per heavy atom. The van der Waals surface area contributed by atoms with E-state index in [1.54, 1.807) is 0 Å². The SMILES string of the molecule is CC(C)c1cccc(C(C)C)c1NC(=O)N(CC(=O)N(Cc1cccn1C)C1CC1)C1CCCCC1. The Hall–Kier alpha value is -2.76. The molecule has 1 aromatic heterocycles. The minimum absolute atomic E-state index is 0.0562. The standard InChI is InChI=1S/C30H44N4O2/c1-21(2)26-14-9-15-27(22(3)4)29(26)31-30(36)34(23-11-7-6-8-12-23)20-28(35)33(24-16-17-24)19-25-13-10-18-32(25)5/h9-10,13-15,18,21-24H,6-8,11-12,16-17,19-20H2,1-5H3,(H,31,36). The lowest BCUT2D eigenvalue weighted by molar-refractivity contribution is -0.133. The summed E-state index contributed by atoms with van der Waals surface area (Å²) in [5.74, 6) is 0.638. The van der Waals surface area contributed by atoms with Crippen LogP contribution in [0.2, 0.25) is 0 Å². The van der Waals surface area contributed by atoms with Crippen LogP contribution in [0.15, 0.2) is 36.5 Å². The molecule has 1 heterocycles. The lowest BCUT2D eigenvalue weighted by Crippen LogP contribution is -2.50. The highest BCUT2D eigenvalue weighted by Crippen LogP contribution is 2.34. The Bertz CT molecular complexity index is 1020. The van der Waals surface area contributed by atoms with Crippen molar-refractivity contribution in [2.45, 2.75) is 103 Å². The molecule has 2 saturated carbocycles. The van der Waals surface area contributed by atoms with Crippen molar-refractivity contribution in [2.75, 3.05) is 11.9 Å². The second-order valence-corrected chi connectivity index (χ2v) is 11.3. The molecule has 6 heteroatoms. The number of aryl methyl sites for hydroxylation is 1. The number of aromatic nitrogens is 1. The average Bonchev–Trinajstić information content (AvgIpc) is 3.62. The zero-order valence-corrected chi connectivity index (χ0v) is 22.8. The molecule has 4 rings (SSSR count). The van der Waals surface area contributed by atoms with Gasteiger partial charge in [0.1, 0.15) is 6.54 Å². The number of hydrogen-bond donors (Lipinski definition) is 1. The number of urea groups is 1. The minimum Gasteiger partial charge on any atom is -0.353 e. The molecular weight excluding hydrogens is 448 g/mol. The van der Waals surface area contributed by atoms with Crippen LogP contribution in [0.5, 0.6) is 0 Å². The summed E-state index contributed by atoms with van der Waals surface area (Å²) in [5.41, 5.74) is 4.33. The van der Waals surface area contributed by atoms with E-state index < -0.39 is 0 Å². The van der Waals surface area contributed by atoms with Crippen molar-refractivity contribution in [3.05, 3.63) is 53.3 Å². The van der Waals surface area contributed by atoms with Crippen molar-refractivity contribution in [1.82, 2.24) is 14.4 Å². The Labute approximate surface area is 217 Å². The molecule has 0 spiro atoms. The molecule has 2 aliphatic rings. The van der Waals surface area contributed by atoms with Gasteiger partial charge < -0.3 is 19.7 Å². The van der Waals surface area contributed by atoms with Gasteiger partial charge in [0, 0.05) is 36.7 Å². The molecule has 0 unspecified atom stereocenters. The number of carbonyl (C=O) groups excluding carboxylic acids is 2. The molecule has 2 fully saturated rings. The third-order valence-corrected chi connectivity index (χ3v) is 7.88. The largest absolute Gasteiger partial charge is 0.353 e. The summed E-state index contributed by atoms with van der Waals surface area (Å²) < 4.78 is 2.07. The molecule has 2 aliphatic carbocycles. The molecule has 0 bridgehead atoms. The van der Waals surface area contributed by atoms with Crippen molar-refractivity contribution < 1.29 is 9.59 Å². The first-order valence-corrected chi connectivity index (χ1v) is 13.9. The van der Waals surface area contributed by atoms with Gasteiger partial charge >= 0.3 is 6.03 Å². The van der Waals surface area contributed by atoms with E-state index in [9.17, 15) is 9.59 Å². The Kier molecular flexibility index (Phi) is 8.43. The number of anilines is 1. The zero-order valence-electron chi connectivity index (χ0n) is 22.8. The van der Waals surface area contributed by atoms with Gasteiger partial charge in [-0.05, 0) is 60.8 Å². The number of benzene rings is 1. The number of hydrogen-bond acceptors (Lipinski definition) is 2. The van der Waals surface area contributed by atoms with Gasteiger partial charge in [-0.15, -0.1) is 0 Å². The van der Waals surface area contributed by atoms with Gasteiger partial charge in [-0.1, -0.05) is 65.2 Å². The second-order valence-electron chi connectivity index (χ2n) is 11.3. The molecule has 1 N–H and O–H groups in total. The van der Waals surface area contributed by atoms with Gasteiger partial charge in [0.05, 0.1) is 6.54 Å². The van der Waals surface area contributed by atoms with Gasteiger partial charge in [-0.25, -0.2) is 4.79 Å². The van der Waals surface area contributed by atoms with E-state index >= 15 is 0 Å². The molecule has 6 nitrogen and oxygen atoms in total. The second kappa shape index (κ2) is 11.5. The summed E-state index contributed by atoms with van der Waals surface area (Å²) in [5, 5.41) is 3.30. The Balaban J connectivity index is 1.58. The topological polar surface area (TPSA) is 57.6 Å². The monoisotopic (exact) mass is 492 g/mol. The van der Waals surface area contributed by atoms with E-state index in [0.29, 0.717) is 18.4 Å². The highest BCUT2D eigenvalue weighted by molar-refractivity contribution is 5.94. The third-order valence-electron chi connectivity index (χ3n) is 7.88. The molecule has 3 amide bonds. The fraction of sp³-hybridized carbons (Fsp3) is 0.600. The van der Waals surface area contributed by atoms with Crippen LogP contribution in [0.4, 0.5) is 10.5 Å². The van der Waals surface area contributed by atoms with Crippen molar-refractivity contribution >= 4 is 17.6 Å². The summed E-state index contributed by atoms with van der Waals surface area (Å²) in [6.45, 7) is 9.38. The smallest absolute Gasteiger partial charge is 0.322 e. The first-order valence-electron chi connectivity index (χ1n) is 13.9. The number of carbonyl (C=O) groups is 2. The molecule has 0 saturated heterocycles. The van der Waals surface area contributed by atoms with Crippen LogP contribution in [0.3, 0.4) is 0 Å². The van der Waals surface area contributed by atoms with Crippen LogP contribution in [-0.4, -0.2) is 44.9 Å². The molecule has 0 atom stereocenters. The highest BCUT2D eigenvalue weighted by atomic mass is 16.2. The number of nitrogens with one attached hydrogen (secondary N) is 1. The maximum absolute atomic E-state index is 13.9.